The lowest BCUT2D eigenvalue weighted by atomic mass is 9.87. The van der Waals surface area contributed by atoms with E-state index in [1.165, 1.54) is 5.57 Å². The maximum atomic E-state index is 5.98. The summed E-state index contributed by atoms with van der Waals surface area (Å²) in [5.41, 5.74) is 8.38. The zero-order chi connectivity index (χ0) is 9.10. The molecule has 0 fully saturated rings. The van der Waals surface area contributed by atoms with Gasteiger partial charge in [0.2, 0.25) is 0 Å². The first-order chi connectivity index (χ1) is 6.38. The van der Waals surface area contributed by atoms with Gasteiger partial charge in [0.25, 0.3) is 0 Å². The summed E-state index contributed by atoms with van der Waals surface area (Å²) in [6.07, 6.45) is 16.3. The Bertz CT molecular complexity index is 305. The van der Waals surface area contributed by atoms with Gasteiger partial charge in [-0.1, -0.05) is 36.5 Å². The summed E-state index contributed by atoms with van der Waals surface area (Å²) < 4.78 is 0. The van der Waals surface area contributed by atoms with Crippen molar-refractivity contribution in [2.45, 2.75) is 19.3 Å². The average molecular weight is 173 g/mol. The van der Waals surface area contributed by atoms with Crippen LogP contribution < -0.4 is 5.73 Å². The van der Waals surface area contributed by atoms with Gasteiger partial charge in [-0.05, 0) is 24.8 Å². The quantitative estimate of drug-likeness (QED) is 0.648. The van der Waals surface area contributed by atoms with Crippen molar-refractivity contribution in [2.24, 2.45) is 11.7 Å². The van der Waals surface area contributed by atoms with Crippen LogP contribution in [0.25, 0.3) is 0 Å². The summed E-state index contributed by atoms with van der Waals surface area (Å²) in [6.45, 7) is 0. The Morgan fingerprint density at radius 2 is 2.15 bits per heavy atom. The van der Waals surface area contributed by atoms with Crippen molar-refractivity contribution in [1.29, 1.82) is 0 Å². The zero-order valence-corrected chi connectivity index (χ0v) is 7.74. The number of hydrogen-bond donors (Lipinski definition) is 1. The van der Waals surface area contributed by atoms with E-state index in [1.54, 1.807) is 0 Å². The van der Waals surface area contributed by atoms with Gasteiger partial charge >= 0.3 is 0 Å². The normalized spacial score (nSPS) is 26.9. The van der Waals surface area contributed by atoms with Crippen LogP contribution in [0.5, 0.6) is 0 Å². The summed E-state index contributed by atoms with van der Waals surface area (Å²) in [7, 11) is 0. The van der Waals surface area contributed by atoms with Gasteiger partial charge in [0.05, 0.1) is 0 Å². The molecule has 2 N–H and O–H groups in total. The lowest BCUT2D eigenvalue weighted by molar-refractivity contribution is 0.748. The van der Waals surface area contributed by atoms with E-state index < -0.39 is 0 Å². The second kappa shape index (κ2) is 3.65. The summed E-state index contributed by atoms with van der Waals surface area (Å²) in [5, 5.41) is 0. The molecule has 0 saturated heterocycles. The predicted molar refractivity (Wildman–Crippen MR) is 56.0 cm³/mol. The van der Waals surface area contributed by atoms with E-state index >= 15 is 0 Å². The molecular weight excluding hydrogens is 158 g/mol. The highest BCUT2D eigenvalue weighted by Crippen LogP contribution is 2.27. The topological polar surface area (TPSA) is 26.0 Å². The maximum Gasteiger partial charge on any atom is 0.0122 e. The van der Waals surface area contributed by atoms with E-state index in [2.05, 4.69) is 36.5 Å². The Morgan fingerprint density at radius 3 is 2.85 bits per heavy atom. The smallest absolute Gasteiger partial charge is 0.0122 e. The molecule has 1 nitrogen and oxygen atoms in total. The van der Waals surface area contributed by atoms with Crippen molar-refractivity contribution in [2.75, 3.05) is 0 Å². The fourth-order valence-electron chi connectivity index (χ4n) is 1.87. The predicted octanol–water partition coefficient (Wildman–Crippen LogP) is 2.68. The lowest BCUT2D eigenvalue weighted by Gasteiger charge is -2.19. The number of allylic oxidation sites excluding steroid dienone is 8. The van der Waals surface area contributed by atoms with Crippen molar-refractivity contribution in [3.63, 3.8) is 0 Å². The third kappa shape index (κ3) is 1.74. The molecule has 1 unspecified atom stereocenters. The third-order valence-electron chi connectivity index (χ3n) is 2.63. The van der Waals surface area contributed by atoms with Crippen LogP contribution in [0.4, 0.5) is 0 Å². The van der Waals surface area contributed by atoms with E-state index in [9.17, 15) is 0 Å². The first kappa shape index (κ1) is 8.36. The highest BCUT2D eigenvalue weighted by molar-refractivity contribution is 5.35. The lowest BCUT2D eigenvalue weighted by Crippen LogP contribution is -2.11. The van der Waals surface area contributed by atoms with Crippen molar-refractivity contribution in [1.82, 2.24) is 0 Å². The zero-order valence-electron chi connectivity index (χ0n) is 7.74. The van der Waals surface area contributed by atoms with Gasteiger partial charge in [-0.2, -0.15) is 0 Å². The molecule has 2 aliphatic carbocycles. The molecule has 2 rings (SSSR count). The van der Waals surface area contributed by atoms with Crippen LogP contribution in [-0.2, 0) is 0 Å². The van der Waals surface area contributed by atoms with Crippen LogP contribution in [0.15, 0.2) is 47.7 Å². The minimum Gasteiger partial charge on any atom is -0.402 e. The average Bonchev–Trinajstić information content (AvgIpc) is 2.20. The molecule has 0 aliphatic heterocycles. The van der Waals surface area contributed by atoms with Gasteiger partial charge in [0, 0.05) is 11.6 Å². The Balaban J connectivity index is 2.20. The standard InChI is InChI=1S/C12H15N/c13-12-9-5-4-8-11(12)10-6-2-1-3-7-10/h1-4,6,8,10H,5,7,9,13H2. The first-order valence-electron chi connectivity index (χ1n) is 4.86. The van der Waals surface area contributed by atoms with Crippen LogP contribution in [0.2, 0.25) is 0 Å². The van der Waals surface area contributed by atoms with Gasteiger partial charge in [0.1, 0.15) is 0 Å². The van der Waals surface area contributed by atoms with E-state index in [0.29, 0.717) is 5.92 Å². The first-order valence-corrected chi connectivity index (χ1v) is 4.86. The summed E-state index contributed by atoms with van der Waals surface area (Å²) >= 11 is 0. The Labute approximate surface area is 79.3 Å². The molecule has 1 heteroatoms. The van der Waals surface area contributed by atoms with Crippen molar-refractivity contribution < 1.29 is 0 Å². The molecule has 2 aliphatic rings. The fourth-order valence-corrected chi connectivity index (χ4v) is 1.87. The van der Waals surface area contributed by atoms with E-state index in [0.717, 1.165) is 25.0 Å². The Hall–Kier alpha value is -1.24. The van der Waals surface area contributed by atoms with E-state index in [-0.39, 0.29) is 0 Å². The minimum atomic E-state index is 0.515. The van der Waals surface area contributed by atoms with Crippen LogP contribution in [0, 0.1) is 5.92 Å². The van der Waals surface area contributed by atoms with Crippen LogP contribution >= 0.6 is 0 Å². The Morgan fingerprint density at radius 1 is 1.23 bits per heavy atom. The van der Waals surface area contributed by atoms with Gasteiger partial charge in [-0.25, -0.2) is 0 Å². The molecular formula is C12H15N. The SMILES string of the molecule is NC1=C(C2C=CC=CC2)C=CCC1. The molecule has 1 atom stereocenters. The fraction of sp³-hybridized carbons (Fsp3) is 0.333. The molecule has 0 spiro atoms. The van der Waals surface area contributed by atoms with Gasteiger partial charge in [-0.15, -0.1) is 0 Å². The van der Waals surface area contributed by atoms with Gasteiger partial charge < -0.3 is 5.73 Å². The summed E-state index contributed by atoms with van der Waals surface area (Å²) in [5.74, 6) is 0.515. The monoisotopic (exact) mass is 173 g/mol. The highest BCUT2D eigenvalue weighted by Gasteiger charge is 2.14. The molecule has 0 bridgehead atoms. The van der Waals surface area contributed by atoms with E-state index in [4.69, 9.17) is 5.73 Å². The summed E-state index contributed by atoms with van der Waals surface area (Å²) in [4.78, 5) is 0. The largest absolute Gasteiger partial charge is 0.402 e. The molecule has 0 heterocycles. The highest BCUT2D eigenvalue weighted by atomic mass is 14.6. The number of hydrogen-bond acceptors (Lipinski definition) is 1. The van der Waals surface area contributed by atoms with Crippen molar-refractivity contribution in [3.8, 4) is 0 Å². The molecule has 0 saturated carbocycles. The van der Waals surface area contributed by atoms with Crippen LogP contribution in [0.3, 0.4) is 0 Å². The molecule has 0 aromatic carbocycles. The molecule has 0 aromatic heterocycles. The van der Waals surface area contributed by atoms with Crippen LogP contribution in [0.1, 0.15) is 19.3 Å². The van der Waals surface area contributed by atoms with Crippen molar-refractivity contribution in [3.05, 3.63) is 47.7 Å². The maximum absolute atomic E-state index is 5.98. The van der Waals surface area contributed by atoms with Gasteiger partial charge in [0.15, 0.2) is 0 Å². The second-order valence-electron chi connectivity index (χ2n) is 3.58. The molecule has 13 heavy (non-hydrogen) atoms. The molecule has 0 radical (unpaired) electrons. The number of rotatable bonds is 1. The molecule has 68 valence electrons. The minimum absolute atomic E-state index is 0.515. The molecule has 0 aromatic rings. The van der Waals surface area contributed by atoms with E-state index in [1.807, 2.05) is 0 Å². The van der Waals surface area contributed by atoms with Gasteiger partial charge in [-0.3, -0.25) is 0 Å². The summed E-state index contributed by atoms with van der Waals surface area (Å²) in [6, 6.07) is 0. The van der Waals surface area contributed by atoms with Crippen molar-refractivity contribution >= 4 is 0 Å². The number of nitrogens with two attached hydrogens (primary N) is 1. The Kier molecular flexibility index (Phi) is 2.35. The third-order valence-corrected chi connectivity index (χ3v) is 2.63. The second-order valence-corrected chi connectivity index (χ2v) is 3.58. The molecule has 0 amide bonds. The van der Waals surface area contributed by atoms with Crippen LogP contribution in [-0.4, -0.2) is 0 Å².